The van der Waals surface area contributed by atoms with Crippen LogP contribution in [0.2, 0.25) is 0 Å². The lowest BCUT2D eigenvalue weighted by Crippen LogP contribution is -2.07. The minimum atomic E-state index is -4.47. The highest BCUT2D eigenvalue weighted by Gasteiger charge is 2.32. The fourth-order valence-corrected chi connectivity index (χ4v) is 3.73. The second kappa shape index (κ2) is 5.95. The van der Waals surface area contributed by atoms with E-state index in [1.807, 2.05) is 18.2 Å². The molecule has 3 rings (SSSR count). The molecule has 7 heteroatoms. The van der Waals surface area contributed by atoms with Gasteiger partial charge in [-0.05, 0) is 17.7 Å². The van der Waals surface area contributed by atoms with Crippen LogP contribution in [0.25, 0.3) is 21.2 Å². The van der Waals surface area contributed by atoms with E-state index in [9.17, 15) is 18.4 Å². The molecule has 0 radical (unpaired) electrons. The standard InChI is InChI=1S/C16H8BrF3N2S/c17-6-9-1-3-11-12(5-9)23-13(7-21)15(11)10-2-4-14(22-8-10)16(18,19)20/h1-5,8H,6H2. The van der Waals surface area contributed by atoms with Gasteiger partial charge >= 0.3 is 6.18 Å². The third-order valence-corrected chi connectivity index (χ3v) is 5.06. The minimum Gasteiger partial charge on any atom is -0.251 e. The van der Waals surface area contributed by atoms with Crippen molar-refractivity contribution < 1.29 is 13.2 Å². The van der Waals surface area contributed by atoms with Crippen LogP contribution >= 0.6 is 27.3 Å². The highest BCUT2D eigenvalue weighted by molar-refractivity contribution is 9.08. The van der Waals surface area contributed by atoms with E-state index < -0.39 is 11.9 Å². The molecule has 0 aliphatic heterocycles. The van der Waals surface area contributed by atoms with Crippen LogP contribution in [0, 0.1) is 11.3 Å². The Bertz CT molecular complexity index is 908. The minimum absolute atomic E-state index is 0.466. The van der Waals surface area contributed by atoms with Gasteiger partial charge in [0.2, 0.25) is 0 Å². The maximum atomic E-state index is 12.6. The van der Waals surface area contributed by atoms with Crippen LogP contribution in [0.5, 0.6) is 0 Å². The van der Waals surface area contributed by atoms with Gasteiger partial charge in [0.25, 0.3) is 0 Å². The summed E-state index contributed by atoms with van der Waals surface area (Å²) in [4.78, 5) is 3.95. The summed E-state index contributed by atoms with van der Waals surface area (Å²) in [6.07, 6.45) is -3.30. The fourth-order valence-electron chi connectivity index (χ4n) is 2.30. The molecule has 3 aromatic rings. The van der Waals surface area contributed by atoms with Crippen LogP contribution < -0.4 is 0 Å². The zero-order chi connectivity index (χ0) is 16.6. The average molecular weight is 397 g/mol. The van der Waals surface area contributed by atoms with Crippen molar-refractivity contribution in [1.29, 1.82) is 5.26 Å². The van der Waals surface area contributed by atoms with E-state index in [1.54, 1.807) is 0 Å². The Labute approximate surface area is 142 Å². The van der Waals surface area contributed by atoms with E-state index in [1.165, 1.54) is 23.6 Å². The highest BCUT2D eigenvalue weighted by Crippen LogP contribution is 2.39. The molecule has 0 saturated heterocycles. The number of pyridine rings is 1. The van der Waals surface area contributed by atoms with Crippen molar-refractivity contribution >= 4 is 37.4 Å². The molecule has 2 nitrogen and oxygen atoms in total. The van der Waals surface area contributed by atoms with Gasteiger partial charge in [0.05, 0.1) is 0 Å². The van der Waals surface area contributed by atoms with Crippen LogP contribution in [0.1, 0.15) is 16.1 Å². The Balaban J connectivity index is 2.17. The molecular formula is C16H8BrF3N2S. The predicted octanol–water partition coefficient (Wildman–Crippen LogP) is 5.75. The van der Waals surface area contributed by atoms with Gasteiger partial charge < -0.3 is 0 Å². The van der Waals surface area contributed by atoms with Crippen LogP contribution in [0.15, 0.2) is 36.5 Å². The normalized spacial score (nSPS) is 11.6. The first-order valence-electron chi connectivity index (χ1n) is 6.49. The number of alkyl halides is 4. The quantitative estimate of drug-likeness (QED) is 0.517. The topological polar surface area (TPSA) is 36.7 Å². The van der Waals surface area contributed by atoms with Crippen molar-refractivity contribution in [2.75, 3.05) is 0 Å². The maximum Gasteiger partial charge on any atom is 0.433 e. The lowest BCUT2D eigenvalue weighted by molar-refractivity contribution is -0.141. The first kappa shape index (κ1) is 16.0. The lowest BCUT2D eigenvalue weighted by atomic mass is 10.0. The first-order valence-corrected chi connectivity index (χ1v) is 8.43. The van der Waals surface area contributed by atoms with Crippen molar-refractivity contribution in [2.45, 2.75) is 11.5 Å². The molecule has 0 fully saturated rings. The molecule has 2 heterocycles. The molecule has 0 atom stereocenters. The van der Waals surface area contributed by atoms with Gasteiger partial charge in [-0.15, -0.1) is 11.3 Å². The summed E-state index contributed by atoms with van der Waals surface area (Å²) in [5, 5.41) is 10.9. The maximum absolute atomic E-state index is 12.6. The van der Waals surface area contributed by atoms with Crippen molar-refractivity contribution in [1.82, 2.24) is 4.98 Å². The molecule has 116 valence electrons. The van der Waals surface area contributed by atoms with Gasteiger partial charge in [-0.1, -0.05) is 34.1 Å². The zero-order valence-corrected chi connectivity index (χ0v) is 13.9. The second-order valence-electron chi connectivity index (χ2n) is 4.81. The Morgan fingerprint density at radius 1 is 1.22 bits per heavy atom. The van der Waals surface area contributed by atoms with Crippen LogP contribution in [-0.2, 0) is 11.5 Å². The van der Waals surface area contributed by atoms with Gasteiger partial charge in [0.1, 0.15) is 16.6 Å². The average Bonchev–Trinajstić information content (AvgIpc) is 2.91. The van der Waals surface area contributed by atoms with Crippen molar-refractivity contribution in [3.05, 3.63) is 52.7 Å². The number of aromatic nitrogens is 1. The van der Waals surface area contributed by atoms with E-state index in [4.69, 9.17) is 0 Å². The molecule has 0 saturated carbocycles. The van der Waals surface area contributed by atoms with E-state index in [0.29, 0.717) is 21.3 Å². The van der Waals surface area contributed by atoms with Gasteiger partial charge in [-0.25, -0.2) is 0 Å². The molecule has 0 bridgehead atoms. The second-order valence-corrected chi connectivity index (χ2v) is 6.42. The number of halogens is 4. The van der Waals surface area contributed by atoms with E-state index in [0.717, 1.165) is 21.7 Å². The van der Waals surface area contributed by atoms with E-state index >= 15 is 0 Å². The number of rotatable bonds is 2. The van der Waals surface area contributed by atoms with Crippen molar-refractivity contribution in [3.63, 3.8) is 0 Å². The van der Waals surface area contributed by atoms with Crippen LogP contribution in [0.4, 0.5) is 13.2 Å². The highest BCUT2D eigenvalue weighted by atomic mass is 79.9. The molecule has 0 unspecified atom stereocenters. The largest absolute Gasteiger partial charge is 0.433 e. The molecule has 0 N–H and O–H groups in total. The Hall–Kier alpha value is -1.91. The summed E-state index contributed by atoms with van der Waals surface area (Å²) in [6.45, 7) is 0. The number of benzene rings is 1. The number of fused-ring (bicyclic) bond motifs is 1. The smallest absolute Gasteiger partial charge is 0.251 e. The molecular weight excluding hydrogens is 389 g/mol. The lowest BCUT2D eigenvalue weighted by Gasteiger charge is -2.06. The SMILES string of the molecule is N#Cc1sc2cc(CBr)ccc2c1-c1ccc(C(F)(F)F)nc1. The van der Waals surface area contributed by atoms with E-state index in [2.05, 4.69) is 27.0 Å². The van der Waals surface area contributed by atoms with E-state index in [-0.39, 0.29) is 0 Å². The summed E-state index contributed by atoms with van der Waals surface area (Å²) in [5.74, 6) is 0. The molecule has 0 spiro atoms. The third-order valence-electron chi connectivity index (χ3n) is 3.35. The number of hydrogen-bond donors (Lipinski definition) is 0. The number of hydrogen-bond acceptors (Lipinski definition) is 3. The molecule has 1 aromatic carbocycles. The predicted molar refractivity (Wildman–Crippen MR) is 87.4 cm³/mol. The van der Waals surface area contributed by atoms with Crippen molar-refractivity contribution in [3.8, 4) is 17.2 Å². The molecule has 0 aliphatic rings. The third kappa shape index (κ3) is 2.96. The van der Waals surface area contributed by atoms with Gasteiger partial charge in [-0.3, -0.25) is 4.98 Å². The molecule has 2 aromatic heterocycles. The Morgan fingerprint density at radius 2 is 2.00 bits per heavy atom. The summed E-state index contributed by atoms with van der Waals surface area (Å²) < 4.78 is 38.8. The summed E-state index contributed by atoms with van der Waals surface area (Å²) in [5.41, 5.74) is 1.27. The molecule has 23 heavy (non-hydrogen) atoms. The Morgan fingerprint density at radius 3 is 2.57 bits per heavy atom. The van der Waals surface area contributed by atoms with Crippen LogP contribution in [0.3, 0.4) is 0 Å². The number of thiophene rings is 1. The number of nitrogens with zero attached hydrogens (tertiary/aromatic N) is 2. The van der Waals surface area contributed by atoms with Crippen LogP contribution in [-0.4, -0.2) is 4.98 Å². The zero-order valence-electron chi connectivity index (χ0n) is 11.5. The monoisotopic (exact) mass is 396 g/mol. The summed E-state index contributed by atoms with van der Waals surface area (Å²) >= 11 is 4.71. The fraction of sp³-hybridized carbons (Fsp3) is 0.125. The Kier molecular flexibility index (Phi) is 4.13. The van der Waals surface area contributed by atoms with Gasteiger partial charge in [0, 0.05) is 32.7 Å². The van der Waals surface area contributed by atoms with Crippen molar-refractivity contribution in [2.24, 2.45) is 0 Å². The summed E-state index contributed by atoms with van der Waals surface area (Å²) in [7, 11) is 0. The first-order chi connectivity index (χ1) is 10.9. The molecule has 0 amide bonds. The number of nitriles is 1. The van der Waals surface area contributed by atoms with Gasteiger partial charge in [0.15, 0.2) is 0 Å². The van der Waals surface area contributed by atoms with Gasteiger partial charge in [-0.2, -0.15) is 18.4 Å². The molecule has 0 aliphatic carbocycles. The summed E-state index contributed by atoms with van der Waals surface area (Å²) in [6, 6.07) is 10.2.